The zero-order valence-electron chi connectivity index (χ0n) is 10.6. The molecule has 0 atom stereocenters. The van der Waals surface area contributed by atoms with Gasteiger partial charge in [0.2, 0.25) is 10.0 Å². The van der Waals surface area contributed by atoms with E-state index in [1.54, 1.807) is 0 Å². The molecule has 0 aliphatic heterocycles. The van der Waals surface area contributed by atoms with Gasteiger partial charge in [0.15, 0.2) is 0 Å². The number of halogens is 1. The number of rotatable bonds is 7. The monoisotopic (exact) mass is 308 g/mol. The minimum atomic E-state index is -3.47. The van der Waals surface area contributed by atoms with E-state index in [0.29, 0.717) is 25.2 Å². The molecule has 0 radical (unpaired) electrons. The summed E-state index contributed by atoms with van der Waals surface area (Å²) in [6, 6.07) is 0. The van der Waals surface area contributed by atoms with Crippen LogP contribution in [0, 0.1) is 0 Å². The highest BCUT2D eigenvalue weighted by atomic mass is 35.5. The molecule has 7 nitrogen and oxygen atoms in total. The predicted octanol–water partition coefficient (Wildman–Crippen LogP) is 0.397. The van der Waals surface area contributed by atoms with E-state index >= 15 is 0 Å². The zero-order valence-corrected chi connectivity index (χ0v) is 12.2. The molecule has 9 heteroatoms. The summed E-state index contributed by atoms with van der Waals surface area (Å²) >= 11 is 5.92. The van der Waals surface area contributed by atoms with Crippen molar-refractivity contribution >= 4 is 27.3 Å². The Morgan fingerprint density at radius 2 is 2.21 bits per heavy atom. The summed E-state index contributed by atoms with van der Waals surface area (Å²) in [5, 5.41) is 11.8. The number of hydrogen-bond donors (Lipinski definition) is 2. The van der Waals surface area contributed by atoms with Gasteiger partial charge >= 0.3 is 0 Å². The second-order valence-electron chi connectivity index (χ2n) is 4.05. The summed E-state index contributed by atoms with van der Waals surface area (Å²) in [5.41, 5.74) is 0.0356. The van der Waals surface area contributed by atoms with Crippen molar-refractivity contribution < 1.29 is 8.42 Å². The van der Waals surface area contributed by atoms with E-state index in [4.69, 9.17) is 16.7 Å². The lowest BCUT2D eigenvalue weighted by Gasteiger charge is -2.09. The fourth-order valence-corrected chi connectivity index (χ4v) is 2.22. The van der Waals surface area contributed by atoms with Gasteiger partial charge in [-0.25, -0.2) is 18.2 Å². The number of nitrogens with one attached hydrogen (secondary N) is 1. The minimum absolute atomic E-state index is 0.0547. The van der Waals surface area contributed by atoms with Crippen LogP contribution in [0.2, 0.25) is 5.02 Å². The molecule has 0 amide bonds. The molecule has 19 heavy (non-hydrogen) atoms. The molecule has 3 N–H and O–H groups in total. The number of anilines is 1. The Bertz CT molecular complexity index is 585. The molecular formula is C10H17ClN4O3S. The van der Waals surface area contributed by atoms with E-state index in [1.807, 2.05) is 6.92 Å². The summed E-state index contributed by atoms with van der Waals surface area (Å²) in [6.07, 6.45) is 2.56. The third kappa shape index (κ3) is 5.17. The van der Waals surface area contributed by atoms with Crippen molar-refractivity contribution in [1.82, 2.24) is 9.78 Å². The van der Waals surface area contributed by atoms with Crippen molar-refractivity contribution in [3.05, 3.63) is 21.6 Å². The highest BCUT2D eigenvalue weighted by Gasteiger charge is 2.09. The first-order chi connectivity index (χ1) is 8.85. The van der Waals surface area contributed by atoms with E-state index < -0.39 is 10.0 Å². The molecule has 0 saturated carbocycles. The van der Waals surface area contributed by atoms with Crippen molar-refractivity contribution in [2.75, 3.05) is 17.6 Å². The average molecular weight is 309 g/mol. The average Bonchev–Trinajstić information content (AvgIpc) is 2.32. The number of sulfonamides is 1. The van der Waals surface area contributed by atoms with Crippen LogP contribution in [0.4, 0.5) is 5.69 Å². The summed E-state index contributed by atoms with van der Waals surface area (Å²) in [6.45, 7) is 2.78. The Hall–Kier alpha value is -1.12. The molecule has 108 valence electrons. The molecule has 1 rings (SSSR count). The van der Waals surface area contributed by atoms with Crippen molar-refractivity contribution in [3.63, 3.8) is 0 Å². The van der Waals surface area contributed by atoms with E-state index in [0.717, 1.165) is 6.42 Å². The van der Waals surface area contributed by atoms with Crippen LogP contribution in [0.25, 0.3) is 0 Å². The largest absolute Gasteiger partial charge is 0.382 e. The fraction of sp³-hybridized carbons (Fsp3) is 0.600. The second kappa shape index (κ2) is 6.88. The Labute approximate surface area is 116 Å². The van der Waals surface area contributed by atoms with Crippen LogP contribution < -0.4 is 16.0 Å². The molecule has 0 aromatic carbocycles. The molecule has 1 heterocycles. The normalized spacial score (nSPS) is 11.5. The van der Waals surface area contributed by atoms with Crippen molar-refractivity contribution in [1.29, 1.82) is 0 Å². The van der Waals surface area contributed by atoms with Gasteiger partial charge in [0.05, 0.1) is 17.6 Å². The SMILES string of the molecule is CCCn1ncc(NCCCS(N)(=O)=O)c(Cl)c1=O. The van der Waals surface area contributed by atoms with Crippen molar-refractivity contribution in [2.24, 2.45) is 5.14 Å². The molecular weight excluding hydrogens is 292 g/mol. The Morgan fingerprint density at radius 1 is 1.53 bits per heavy atom. The first-order valence-corrected chi connectivity index (χ1v) is 7.94. The summed E-state index contributed by atoms with van der Waals surface area (Å²) < 4.78 is 22.8. The van der Waals surface area contributed by atoms with Crippen molar-refractivity contribution in [3.8, 4) is 0 Å². The van der Waals surface area contributed by atoms with Crippen LogP contribution in [-0.4, -0.2) is 30.5 Å². The quantitative estimate of drug-likeness (QED) is 0.709. The lowest BCUT2D eigenvalue weighted by molar-refractivity contribution is 0.568. The topological polar surface area (TPSA) is 107 Å². The van der Waals surface area contributed by atoms with Crippen molar-refractivity contribution in [2.45, 2.75) is 26.3 Å². The number of hydrogen-bond acceptors (Lipinski definition) is 5. The lowest BCUT2D eigenvalue weighted by Crippen LogP contribution is -2.24. The molecule has 0 saturated heterocycles. The number of aryl methyl sites for hydroxylation is 1. The lowest BCUT2D eigenvalue weighted by atomic mass is 10.4. The maximum Gasteiger partial charge on any atom is 0.287 e. The molecule has 0 aliphatic rings. The van der Waals surface area contributed by atoms with Gasteiger partial charge in [-0.3, -0.25) is 4.79 Å². The van der Waals surface area contributed by atoms with Crippen LogP contribution in [-0.2, 0) is 16.6 Å². The van der Waals surface area contributed by atoms with E-state index in [-0.39, 0.29) is 16.3 Å². The van der Waals surface area contributed by atoms with Crippen LogP contribution in [0.3, 0.4) is 0 Å². The van der Waals surface area contributed by atoms with Gasteiger partial charge in [-0.2, -0.15) is 5.10 Å². The minimum Gasteiger partial charge on any atom is -0.382 e. The Kier molecular flexibility index (Phi) is 5.77. The van der Waals surface area contributed by atoms with Gasteiger partial charge in [0.25, 0.3) is 5.56 Å². The molecule has 0 aliphatic carbocycles. The maximum atomic E-state index is 11.8. The molecule has 0 bridgehead atoms. The maximum absolute atomic E-state index is 11.8. The van der Waals surface area contributed by atoms with Gasteiger partial charge in [0, 0.05) is 13.1 Å². The van der Waals surface area contributed by atoms with Crippen LogP contribution in [0.15, 0.2) is 11.0 Å². The van der Waals surface area contributed by atoms with Gasteiger partial charge in [-0.1, -0.05) is 18.5 Å². The Morgan fingerprint density at radius 3 is 2.79 bits per heavy atom. The zero-order chi connectivity index (χ0) is 14.5. The van der Waals surface area contributed by atoms with Gasteiger partial charge in [0.1, 0.15) is 5.02 Å². The van der Waals surface area contributed by atoms with Crippen LogP contribution in [0.1, 0.15) is 19.8 Å². The highest BCUT2D eigenvalue weighted by Crippen LogP contribution is 2.15. The number of primary sulfonamides is 1. The predicted molar refractivity (Wildman–Crippen MR) is 74.9 cm³/mol. The van der Waals surface area contributed by atoms with Crippen LogP contribution in [0.5, 0.6) is 0 Å². The van der Waals surface area contributed by atoms with E-state index in [2.05, 4.69) is 10.4 Å². The first kappa shape index (κ1) is 15.9. The third-order valence-corrected chi connectivity index (χ3v) is 3.56. The smallest absolute Gasteiger partial charge is 0.287 e. The summed E-state index contributed by atoms with van der Waals surface area (Å²) in [5.74, 6) is -0.127. The molecule has 0 unspecified atom stereocenters. The van der Waals surface area contributed by atoms with Crippen LogP contribution >= 0.6 is 11.6 Å². The first-order valence-electron chi connectivity index (χ1n) is 5.85. The Balaban J connectivity index is 2.65. The number of aromatic nitrogens is 2. The van der Waals surface area contributed by atoms with E-state index in [1.165, 1.54) is 10.9 Å². The molecule has 0 spiro atoms. The molecule has 0 fully saturated rings. The summed E-state index contributed by atoms with van der Waals surface area (Å²) in [7, 11) is -3.47. The standard InChI is InChI=1S/C10H17ClN4O3S/c1-2-5-15-10(16)9(11)8(7-14-15)13-4-3-6-19(12,17)18/h7,13H,2-6H2,1H3,(H2,12,17,18). The molecule has 1 aromatic heterocycles. The second-order valence-corrected chi connectivity index (χ2v) is 6.16. The summed E-state index contributed by atoms with van der Waals surface area (Å²) in [4.78, 5) is 11.8. The third-order valence-electron chi connectivity index (χ3n) is 2.34. The number of nitrogens with zero attached hydrogens (tertiary/aromatic N) is 2. The van der Waals surface area contributed by atoms with Gasteiger partial charge < -0.3 is 5.32 Å². The number of nitrogens with two attached hydrogens (primary N) is 1. The van der Waals surface area contributed by atoms with Gasteiger partial charge in [-0.15, -0.1) is 0 Å². The molecule has 1 aromatic rings. The fourth-order valence-electron chi connectivity index (χ4n) is 1.46. The van der Waals surface area contributed by atoms with E-state index in [9.17, 15) is 13.2 Å². The van der Waals surface area contributed by atoms with Gasteiger partial charge in [-0.05, 0) is 12.8 Å². The highest BCUT2D eigenvalue weighted by molar-refractivity contribution is 7.89.